The molecular weight excluding hydrogens is 657 g/mol. The first-order chi connectivity index (χ1) is 26.7. The van der Waals surface area contributed by atoms with Crippen LogP contribution in [-0.4, -0.2) is 19.9 Å². The van der Waals surface area contributed by atoms with Crippen molar-refractivity contribution >= 4 is 0 Å². The van der Waals surface area contributed by atoms with E-state index in [0.29, 0.717) is 17.5 Å². The molecule has 7 aromatic carbocycles. The standard InChI is InChI=1S/C50H34N4/c1-5-13-35(14-6-1)38-21-25-41(26-22-38)48-52-49(42-27-23-39(24-28-42)36-15-7-2-8-16-36)54-50(53-48)46-32-44(37-17-9-3-10-18-37)31-45(33-46)43-29-30-47(51-34-43)40-19-11-4-12-20-40/h1-34H. The summed E-state index contributed by atoms with van der Waals surface area (Å²) >= 11 is 0. The van der Waals surface area contributed by atoms with Gasteiger partial charge in [0.25, 0.3) is 0 Å². The molecule has 9 rings (SSSR count). The average Bonchev–Trinajstić information content (AvgIpc) is 3.27. The Morgan fingerprint density at radius 3 is 0.963 bits per heavy atom. The number of benzene rings is 7. The summed E-state index contributed by atoms with van der Waals surface area (Å²) in [7, 11) is 0. The molecule has 0 saturated carbocycles. The molecule has 0 aliphatic heterocycles. The maximum absolute atomic E-state index is 5.15. The van der Waals surface area contributed by atoms with Gasteiger partial charge in [-0.3, -0.25) is 4.98 Å². The zero-order chi connectivity index (χ0) is 36.1. The van der Waals surface area contributed by atoms with Gasteiger partial charge in [0.1, 0.15) is 0 Å². The zero-order valence-corrected chi connectivity index (χ0v) is 29.4. The SMILES string of the molecule is c1ccc(-c2ccc(-c3nc(-c4ccc(-c5ccccc5)cc4)nc(-c4cc(-c5ccccc5)cc(-c5ccc(-c6ccccc6)nc5)c4)n3)cc2)cc1. The molecule has 9 aromatic rings. The number of nitrogens with zero attached hydrogens (tertiary/aromatic N) is 4. The second-order valence-electron chi connectivity index (χ2n) is 13.2. The van der Waals surface area contributed by atoms with E-state index >= 15 is 0 Å². The van der Waals surface area contributed by atoms with E-state index in [1.165, 1.54) is 0 Å². The summed E-state index contributed by atoms with van der Waals surface area (Å²) in [6, 6.07) is 69.1. The van der Waals surface area contributed by atoms with Crippen molar-refractivity contribution in [2.45, 2.75) is 0 Å². The minimum absolute atomic E-state index is 0.599. The molecule has 0 fully saturated rings. The fourth-order valence-corrected chi connectivity index (χ4v) is 6.71. The molecular formula is C50H34N4. The van der Waals surface area contributed by atoms with Crippen LogP contribution < -0.4 is 0 Å². The number of rotatable bonds is 8. The van der Waals surface area contributed by atoms with Gasteiger partial charge in [-0.2, -0.15) is 0 Å². The molecule has 0 bridgehead atoms. The molecule has 0 atom stereocenters. The molecule has 0 unspecified atom stereocenters. The Morgan fingerprint density at radius 2 is 0.537 bits per heavy atom. The van der Waals surface area contributed by atoms with Crippen molar-refractivity contribution in [1.29, 1.82) is 0 Å². The third-order valence-electron chi connectivity index (χ3n) is 9.60. The van der Waals surface area contributed by atoms with E-state index in [1.54, 1.807) is 0 Å². The van der Waals surface area contributed by atoms with Gasteiger partial charge in [0, 0.05) is 34.0 Å². The normalized spacial score (nSPS) is 11.0. The minimum atomic E-state index is 0.599. The van der Waals surface area contributed by atoms with Crippen LogP contribution in [0.1, 0.15) is 0 Å². The van der Waals surface area contributed by atoms with Crippen molar-refractivity contribution in [3.05, 3.63) is 206 Å². The Kier molecular flexibility index (Phi) is 8.90. The molecule has 254 valence electrons. The van der Waals surface area contributed by atoms with Crippen LogP contribution in [0.15, 0.2) is 206 Å². The Morgan fingerprint density at radius 1 is 0.222 bits per heavy atom. The highest BCUT2D eigenvalue weighted by molar-refractivity contribution is 5.81. The monoisotopic (exact) mass is 690 g/mol. The fourth-order valence-electron chi connectivity index (χ4n) is 6.71. The summed E-state index contributed by atoms with van der Waals surface area (Å²) in [4.78, 5) is 20.2. The first-order valence-electron chi connectivity index (χ1n) is 18.0. The summed E-state index contributed by atoms with van der Waals surface area (Å²) in [6.07, 6.45) is 1.95. The molecule has 2 heterocycles. The van der Waals surface area contributed by atoms with Crippen LogP contribution in [0.4, 0.5) is 0 Å². The van der Waals surface area contributed by atoms with Gasteiger partial charge in [0.15, 0.2) is 17.5 Å². The molecule has 0 spiro atoms. The van der Waals surface area contributed by atoms with Crippen LogP contribution in [0.5, 0.6) is 0 Å². The van der Waals surface area contributed by atoms with E-state index in [2.05, 4.69) is 164 Å². The first-order valence-corrected chi connectivity index (χ1v) is 18.0. The molecule has 4 heteroatoms. The van der Waals surface area contributed by atoms with E-state index in [4.69, 9.17) is 19.9 Å². The highest BCUT2D eigenvalue weighted by atomic mass is 15.0. The molecule has 4 nitrogen and oxygen atoms in total. The summed E-state index contributed by atoms with van der Waals surface area (Å²) in [5, 5.41) is 0. The second-order valence-corrected chi connectivity index (χ2v) is 13.2. The number of hydrogen-bond donors (Lipinski definition) is 0. The lowest BCUT2D eigenvalue weighted by atomic mass is 9.96. The third-order valence-corrected chi connectivity index (χ3v) is 9.60. The van der Waals surface area contributed by atoms with Gasteiger partial charge in [-0.05, 0) is 63.2 Å². The van der Waals surface area contributed by atoms with E-state index in [-0.39, 0.29) is 0 Å². The van der Waals surface area contributed by atoms with Crippen molar-refractivity contribution in [3.8, 4) is 89.9 Å². The van der Waals surface area contributed by atoms with Gasteiger partial charge in [0.05, 0.1) is 5.69 Å². The Bertz CT molecular complexity index is 2540. The molecule has 54 heavy (non-hydrogen) atoms. The lowest BCUT2D eigenvalue weighted by Gasteiger charge is -2.13. The Hall–Kier alpha value is -7.30. The van der Waals surface area contributed by atoms with E-state index in [0.717, 1.165) is 72.5 Å². The van der Waals surface area contributed by atoms with Crippen LogP contribution in [0.3, 0.4) is 0 Å². The molecule has 0 N–H and O–H groups in total. The number of hydrogen-bond acceptors (Lipinski definition) is 4. The lowest BCUT2D eigenvalue weighted by Crippen LogP contribution is -2.01. The van der Waals surface area contributed by atoms with Crippen LogP contribution in [-0.2, 0) is 0 Å². The van der Waals surface area contributed by atoms with Crippen molar-refractivity contribution < 1.29 is 0 Å². The summed E-state index contributed by atoms with van der Waals surface area (Å²) in [5.41, 5.74) is 13.6. The van der Waals surface area contributed by atoms with Gasteiger partial charge in [-0.1, -0.05) is 176 Å². The zero-order valence-electron chi connectivity index (χ0n) is 29.4. The van der Waals surface area contributed by atoms with Crippen LogP contribution in [0.2, 0.25) is 0 Å². The molecule has 0 aliphatic carbocycles. The maximum atomic E-state index is 5.15. The summed E-state index contributed by atoms with van der Waals surface area (Å²) in [6.45, 7) is 0. The Labute approximate surface area is 315 Å². The van der Waals surface area contributed by atoms with E-state index < -0.39 is 0 Å². The van der Waals surface area contributed by atoms with Crippen LogP contribution in [0, 0.1) is 0 Å². The van der Waals surface area contributed by atoms with Crippen molar-refractivity contribution in [2.75, 3.05) is 0 Å². The van der Waals surface area contributed by atoms with Gasteiger partial charge in [0.2, 0.25) is 0 Å². The smallest absolute Gasteiger partial charge is 0.164 e. The van der Waals surface area contributed by atoms with Crippen LogP contribution >= 0.6 is 0 Å². The highest BCUT2D eigenvalue weighted by Crippen LogP contribution is 2.34. The van der Waals surface area contributed by atoms with Gasteiger partial charge in [-0.25, -0.2) is 15.0 Å². The molecule has 2 aromatic heterocycles. The van der Waals surface area contributed by atoms with Crippen molar-refractivity contribution in [3.63, 3.8) is 0 Å². The van der Waals surface area contributed by atoms with Gasteiger partial charge < -0.3 is 0 Å². The summed E-state index contributed by atoms with van der Waals surface area (Å²) < 4.78 is 0. The minimum Gasteiger partial charge on any atom is -0.256 e. The molecule has 0 saturated heterocycles. The predicted molar refractivity (Wildman–Crippen MR) is 221 cm³/mol. The van der Waals surface area contributed by atoms with E-state index in [9.17, 15) is 0 Å². The van der Waals surface area contributed by atoms with Crippen LogP contribution in [0.25, 0.3) is 89.9 Å². The van der Waals surface area contributed by atoms with Gasteiger partial charge in [-0.15, -0.1) is 0 Å². The summed E-state index contributed by atoms with van der Waals surface area (Å²) in [5.74, 6) is 1.83. The second kappa shape index (κ2) is 14.7. The molecule has 0 aliphatic rings. The topological polar surface area (TPSA) is 51.6 Å². The highest BCUT2D eigenvalue weighted by Gasteiger charge is 2.16. The average molecular weight is 691 g/mol. The maximum Gasteiger partial charge on any atom is 0.164 e. The van der Waals surface area contributed by atoms with Crippen molar-refractivity contribution in [1.82, 2.24) is 19.9 Å². The molecule has 0 radical (unpaired) electrons. The Balaban J connectivity index is 1.17. The number of pyridine rings is 1. The van der Waals surface area contributed by atoms with E-state index in [1.807, 2.05) is 42.6 Å². The quantitative estimate of drug-likeness (QED) is 0.159. The number of aromatic nitrogens is 4. The fraction of sp³-hybridized carbons (Fsp3) is 0. The third kappa shape index (κ3) is 6.97. The van der Waals surface area contributed by atoms with Crippen molar-refractivity contribution in [2.24, 2.45) is 0 Å². The molecule has 0 amide bonds. The van der Waals surface area contributed by atoms with Gasteiger partial charge >= 0.3 is 0 Å². The first kappa shape index (κ1) is 32.6. The predicted octanol–water partition coefficient (Wildman–Crippen LogP) is 12.6. The largest absolute Gasteiger partial charge is 0.256 e. The lowest BCUT2D eigenvalue weighted by molar-refractivity contribution is 1.07.